The van der Waals surface area contributed by atoms with Crippen molar-refractivity contribution >= 4 is 28.8 Å². The molecule has 0 unspecified atom stereocenters. The second-order valence-electron chi connectivity index (χ2n) is 5.64. The molecule has 0 amide bonds. The summed E-state index contributed by atoms with van der Waals surface area (Å²) < 4.78 is 2.01. The zero-order valence-corrected chi connectivity index (χ0v) is 14.1. The van der Waals surface area contributed by atoms with E-state index in [9.17, 15) is 0 Å². The summed E-state index contributed by atoms with van der Waals surface area (Å²) in [7, 11) is 0. The first-order valence-corrected chi connectivity index (χ1v) is 8.57. The molecule has 3 heterocycles. The van der Waals surface area contributed by atoms with E-state index in [1.54, 1.807) is 11.3 Å². The monoisotopic (exact) mass is 329 g/mol. The van der Waals surface area contributed by atoms with Gasteiger partial charge in [-0.3, -0.25) is 0 Å². The number of benzene rings is 1. The van der Waals surface area contributed by atoms with Crippen LogP contribution in [-0.2, 0) is 6.42 Å². The highest BCUT2D eigenvalue weighted by atomic mass is 35.5. The van der Waals surface area contributed by atoms with Crippen molar-refractivity contribution < 1.29 is 0 Å². The maximum atomic E-state index is 6.28. The predicted octanol–water partition coefficient (Wildman–Crippen LogP) is 4.84. The van der Waals surface area contributed by atoms with Crippen LogP contribution >= 0.6 is 22.9 Å². The summed E-state index contributed by atoms with van der Waals surface area (Å²) in [6.07, 6.45) is 1.02. The predicted molar refractivity (Wildman–Crippen MR) is 93.6 cm³/mol. The highest BCUT2D eigenvalue weighted by molar-refractivity contribution is 7.13. The smallest absolute Gasteiger partial charge is 0.133 e. The van der Waals surface area contributed by atoms with Gasteiger partial charge < -0.3 is 5.32 Å². The second-order valence-corrected chi connectivity index (χ2v) is 6.96. The van der Waals surface area contributed by atoms with Crippen LogP contribution in [0.5, 0.6) is 0 Å². The van der Waals surface area contributed by atoms with Gasteiger partial charge in [-0.05, 0) is 55.0 Å². The molecule has 2 aromatic heterocycles. The number of hydrogen-bond donors (Lipinski definition) is 1. The molecule has 0 fully saturated rings. The second kappa shape index (κ2) is 5.14. The van der Waals surface area contributed by atoms with E-state index in [0.29, 0.717) is 0 Å². The number of aromatic nitrogens is 2. The van der Waals surface area contributed by atoms with Gasteiger partial charge in [-0.2, -0.15) is 5.10 Å². The molecular weight excluding hydrogens is 314 g/mol. The van der Waals surface area contributed by atoms with Gasteiger partial charge in [0, 0.05) is 17.1 Å². The van der Waals surface area contributed by atoms with Crippen molar-refractivity contribution in [1.29, 1.82) is 0 Å². The lowest BCUT2D eigenvalue weighted by Crippen LogP contribution is -2.05. The average molecular weight is 330 g/mol. The third-order valence-electron chi connectivity index (χ3n) is 4.08. The summed E-state index contributed by atoms with van der Waals surface area (Å²) in [5.41, 5.74) is 5.78. The summed E-state index contributed by atoms with van der Waals surface area (Å²) in [6.45, 7) is 5.12. The van der Waals surface area contributed by atoms with E-state index >= 15 is 0 Å². The Morgan fingerprint density at radius 1 is 1.32 bits per heavy atom. The number of aryl methyl sites for hydroxylation is 1. The minimum absolute atomic E-state index is 0.772. The van der Waals surface area contributed by atoms with Crippen LogP contribution in [0.25, 0.3) is 16.3 Å². The van der Waals surface area contributed by atoms with E-state index in [1.807, 2.05) is 23.7 Å². The number of halogens is 1. The van der Waals surface area contributed by atoms with Crippen LogP contribution in [0.15, 0.2) is 29.6 Å². The number of fused-ring (bicyclic) bond motifs is 1. The van der Waals surface area contributed by atoms with Crippen molar-refractivity contribution in [2.45, 2.75) is 20.3 Å². The standard InChI is InChI=1S/C17H16ClN3S/c1-10-8-15(22-9-10)16-12-6-7-19-17(12)21(20-16)14-5-3-4-13(18)11(14)2/h3-5,8-9,19H,6-7H2,1-2H3. The van der Waals surface area contributed by atoms with Crippen LogP contribution < -0.4 is 5.32 Å². The van der Waals surface area contributed by atoms with E-state index in [4.69, 9.17) is 16.7 Å². The van der Waals surface area contributed by atoms with Crippen LogP contribution in [0.4, 0.5) is 5.82 Å². The van der Waals surface area contributed by atoms with Crippen molar-refractivity contribution in [2.75, 3.05) is 11.9 Å². The van der Waals surface area contributed by atoms with Gasteiger partial charge in [0.05, 0.1) is 10.6 Å². The molecular formula is C17H16ClN3S. The summed E-state index contributed by atoms with van der Waals surface area (Å²) in [6, 6.07) is 8.17. The van der Waals surface area contributed by atoms with Crippen molar-refractivity contribution in [1.82, 2.24) is 9.78 Å². The molecule has 5 heteroatoms. The molecule has 1 N–H and O–H groups in total. The minimum atomic E-state index is 0.772. The quantitative estimate of drug-likeness (QED) is 0.729. The normalized spacial score (nSPS) is 13.2. The number of nitrogens with zero attached hydrogens (tertiary/aromatic N) is 2. The molecule has 0 saturated heterocycles. The van der Waals surface area contributed by atoms with Gasteiger partial charge in [0.15, 0.2) is 0 Å². The lowest BCUT2D eigenvalue weighted by atomic mass is 10.1. The Kier molecular flexibility index (Phi) is 3.24. The Hall–Kier alpha value is -1.78. The fourth-order valence-electron chi connectivity index (χ4n) is 2.93. The highest BCUT2D eigenvalue weighted by Gasteiger charge is 2.25. The largest absolute Gasteiger partial charge is 0.369 e. The first kappa shape index (κ1) is 13.9. The van der Waals surface area contributed by atoms with Crippen LogP contribution in [0.3, 0.4) is 0 Å². The maximum absolute atomic E-state index is 6.28. The first-order valence-electron chi connectivity index (χ1n) is 7.32. The van der Waals surface area contributed by atoms with Crippen molar-refractivity contribution in [3.63, 3.8) is 0 Å². The van der Waals surface area contributed by atoms with Gasteiger partial charge in [-0.1, -0.05) is 17.7 Å². The highest BCUT2D eigenvalue weighted by Crippen LogP contribution is 2.38. The fourth-order valence-corrected chi connectivity index (χ4v) is 4.01. The lowest BCUT2D eigenvalue weighted by molar-refractivity contribution is 0.876. The molecule has 22 heavy (non-hydrogen) atoms. The molecule has 3 nitrogen and oxygen atoms in total. The van der Waals surface area contributed by atoms with Crippen molar-refractivity contribution in [3.05, 3.63) is 51.4 Å². The van der Waals surface area contributed by atoms with Crippen LogP contribution in [0.2, 0.25) is 5.02 Å². The van der Waals surface area contributed by atoms with E-state index in [0.717, 1.165) is 40.8 Å². The molecule has 0 atom stereocenters. The molecule has 4 rings (SSSR count). The van der Waals surface area contributed by atoms with E-state index in [2.05, 4.69) is 29.8 Å². The molecule has 0 aliphatic carbocycles. The van der Waals surface area contributed by atoms with E-state index in [-0.39, 0.29) is 0 Å². The molecule has 0 saturated carbocycles. The Morgan fingerprint density at radius 2 is 2.18 bits per heavy atom. The van der Waals surface area contributed by atoms with Crippen LogP contribution in [-0.4, -0.2) is 16.3 Å². The topological polar surface area (TPSA) is 29.9 Å². The summed E-state index contributed by atoms with van der Waals surface area (Å²) in [5.74, 6) is 1.10. The summed E-state index contributed by atoms with van der Waals surface area (Å²) in [4.78, 5) is 1.23. The third-order valence-corrected chi connectivity index (χ3v) is 5.55. The summed E-state index contributed by atoms with van der Waals surface area (Å²) >= 11 is 8.04. The van der Waals surface area contributed by atoms with Gasteiger partial charge in [-0.25, -0.2) is 4.68 Å². The average Bonchev–Trinajstić information content (AvgIpc) is 3.18. The molecule has 1 aliphatic rings. The molecule has 0 bridgehead atoms. The zero-order valence-electron chi connectivity index (χ0n) is 12.5. The fraction of sp³-hybridized carbons (Fsp3) is 0.235. The van der Waals surface area contributed by atoms with Gasteiger partial charge in [0.25, 0.3) is 0 Å². The van der Waals surface area contributed by atoms with Crippen molar-refractivity contribution in [2.24, 2.45) is 0 Å². The number of anilines is 1. The van der Waals surface area contributed by atoms with Gasteiger partial charge in [-0.15, -0.1) is 11.3 Å². The van der Waals surface area contributed by atoms with Gasteiger partial charge in [0.2, 0.25) is 0 Å². The lowest BCUT2D eigenvalue weighted by Gasteiger charge is -2.10. The van der Waals surface area contributed by atoms with Crippen LogP contribution in [0, 0.1) is 13.8 Å². The Bertz CT molecular complexity index is 863. The number of rotatable bonds is 2. The van der Waals surface area contributed by atoms with Crippen molar-refractivity contribution in [3.8, 4) is 16.3 Å². The van der Waals surface area contributed by atoms with E-state index in [1.165, 1.54) is 16.0 Å². The maximum Gasteiger partial charge on any atom is 0.133 e. The minimum Gasteiger partial charge on any atom is -0.369 e. The van der Waals surface area contributed by atoms with Gasteiger partial charge >= 0.3 is 0 Å². The molecule has 1 aromatic carbocycles. The Balaban J connectivity index is 1.93. The first-order chi connectivity index (χ1) is 10.6. The Morgan fingerprint density at radius 3 is 2.95 bits per heavy atom. The number of nitrogens with one attached hydrogen (secondary N) is 1. The SMILES string of the molecule is Cc1csc(-c2nn(-c3cccc(Cl)c3C)c3c2CCN3)c1. The van der Waals surface area contributed by atoms with E-state index < -0.39 is 0 Å². The van der Waals surface area contributed by atoms with Gasteiger partial charge in [0.1, 0.15) is 11.5 Å². The third kappa shape index (κ3) is 2.06. The number of hydrogen-bond acceptors (Lipinski definition) is 3. The molecule has 0 spiro atoms. The molecule has 112 valence electrons. The molecule has 0 radical (unpaired) electrons. The Labute approximate surface area is 138 Å². The number of thiophene rings is 1. The molecule has 3 aromatic rings. The zero-order chi connectivity index (χ0) is 15.3. The summed E-state index contributed by atoms with van der Waals surface area (Å²) in [5, 5.41) is 11.3. The molecule has 1 aliphatic heterocycles. The van der Waals surface area contributed by atoms with Crippen LogP contribution in [0.1, 0.15) is 16.7 Å².